The van der Waals surface area contributed by atoms with Gasteiger partial charge in [0.15, 0.2) is 0 Å². The van der Waals surface area contributed by atoms with Crippen molar-refractivity contribution in [3.63, 3.8) is 0 Å². The molecular weight excluding hydrogens is 194 g/mol. The van der Waals surface area contributed by atoms with E-state index >= 15 is 0 Å². The van der Waals surface area contributed by atoms with Crippen LogP contribution in [0.25, 0.3) is 0 Å². The van der Waals surface area contributed by atoms with Crippen molar-refractivity contribution in [2.45, 2.75) is 33.7 Å². The van der Waals surface area contributed by atoms with E-state index in [1.54, 1.807) is 0 Å². The first-order valence-electron chi connectivity index (χ1n) is 5.08. The SMILES string of the molecule is CC(C)=CC(=O)N1C(=O)OC[C@@H]1C(C)C. The highest BCUT2D eigenvalue weighted by molar-refractivity contribution is 6.00. The molecule has 0 aromatic rings. The summed E-state index contributed by atoms with van der Waals surface area (Å²) in [5.74, 6) is -0.0674. The largest absolute Gasteiger partial charge is 0.447 e. The number of amides is 2. The molecule has 1 atom stereocenters. The number of rotatable bonds is 2. The van der Waals surface area contributed by atoms with Gasteiger partial charge in [-0.05, 0) is 19.8 Å². The molecule has 1 rings (SSSR count). The maximum Gasteiger partial charge on any atom is 0.417 e. The second-order valence-corrected chi connectivity index (χ2v) is 4.32. The summed E-state index contributed by atoms with van der Waals surface area (Å²) in [4.78, 5) is 24.3. The van der Waals surface area contributed by atoms with Crippen molar-refractivity contribution in [1.82, 2.24) is 4.90 Å². The molecule has 0 aromatic carbocycles. The van der Waals surface area contributed by atoms with Crippen LogP contribution in [0.4, 0.5) is 4.79 Å². The Morgan fingerprint density at radius 1 is 1.53 bits per heavy atom. The quantitative estimate of drug-likeness (QED) is 0.656. The monoisotopic (exact) mass is 211 g/mol. The maximum atomic E-state index is 11.7. The van der Waals surface area contributed by atoms with Gasteiger partial charge in [-0.3, -0.25) is 4.79 Å². The summed E-state index contributed by atoms with van der Waals surface area (Å²) in [6, 6.07) is -0.138. The molecule has 1 aliphatic rings. The molecule has 1 saturated heterocycles. The lowest BCUT2D eigenvalue weighted by Crippen LogP contribution is -2.41. The lowest BCUT2D eigenvalue weighted by molar-refractivity contribution is -0.124. The Kier molecular flexibility index (Phi) is 3.50. The highest BCUT2D eigenvalue weighted by Gasteiger charge is 2.38. The molecule has 0 bridgehead atoms. The minimum atomic E-state index is -0.531. The molecule has 0 aliphatic carbocycles. The van der Waals surface area contributed by atoms with E-state index in [0.717, 1.165) is 5.57 Å². The van der Waals surface area contributed by atoms with Crippen molar-refractivity contribution in [2.24, 2.45) is 5.92 Å². The minimum absolute atomic E-state index is 0.138. The van der Waals surface area contributed by atoms with Crippen LogP contribution in [0.2, 0.25) is 0 Å². The molecule has 0 radical (unpaired) electrons. The molecule has 84 valence electrons. The van der Waals surface area contributed by atoms with Gasteiger partial charge in [0.25, 0.3) is 5.91 Å². The summed E-state index contributed by atoms with van der Waals surface area (Å²) in [5.41, 5.74) is 0.877. The van der Waals surface area contributed by atoms with Crippen LogP contribution in [-0.4, -0.2) is 29.5 Å². The molecule has 1 aliphatic heterocycles. The van der Waals surface area contributed by atoms with E-state index in [4.69, 9.17) is 4.74 Å². The zero-order valence-corrected chi connectivity index (χ0v) is 9.61. The Labute approximate surface area is 89.9 Å². The molecule has 4 heteroatoms. The maximum absolute atomic E-state index is 11.7. The molecule has 1 fully saturated rings. The summed E-state index contributed by atoms with van der Waals surface area (Å²) in [6.45, 7) is 7.89. The van der Waals surface area contributed by atoms with E-state index < -0.39 is 6.09 Å². The van der Waals surface area contributed by atoms with Crippen LogP contribution in [-0.2, 0) is 9.53 Å². The van der Waals surface area contributed by atoms with Crippen molar-refractivity contribution in [3.8, 4) is 0 Å². The fraction of sp³-hybridized carbons (Fsp3) is 0.636. The van der Waals surface area contributed by atoms with Crippen LogP contribution < -0.4 is 0 Å². The van der Waals surface area contributed by atoms with Gasteiger partial charge in [0.2, 0.25) is 0 Å². The molecule has 4 nitrogen and oxygen atoms in total. The Morgan fingerprint density at radius 3 is 2.60 bits per heavy atom. The van der Waals surface area contributed by atoms with Crippen LogP contribution >= 0.6 is 0 Å². The van der Waals surface area contributed by atoms with Crippen molar-refractivity contribution in [3.05, 3.63) is 11.6 Å². The first kappa shape index (κ1) is 11.8. The van der Waals surface area contributed by atoms with Gasteiger partial charge >= 0.3 is 6.09 Å². The fourth-order valence-corrected chi connectivity index (χ4v) is 1.50. The van der Waals surface area contributed by atoms with Gasteiger partial charge in [0.05, 0.1) is 6.04 Å². The average Bonchev–Trinajstić information content (AvgIpc) is 2.45. The van der Waals surface area contributed by atoms with Gasteiger partial charge in [0.1, 0.15) is 6.61 Å². The first-order valence-corrected chi connectivity index (χ1v) is 5.08. The number of cyclic esters (lactones) is 1. The molecule has 0 spiro atoms. The highest BCUT2D eigenvalue weighted by Crippen LogP contribution is 2.20. The number of carbonyl (C=O) groups is 2. The lowest BCUT2D eigenvalue weighted by atomic mass is 10.0. The predicted octanol–water partition coefficient (Wildman–Crippen LogP) is 1.96. The van der Waals surface area contributed by atoms with Crippen molar-refractivity contribution in [2.75, 3.05) is 6.61 Å². The van der Waals surface area contributed by atoms with Crippen molar-refractivity contribution < 1.29 is 14.3 Å². The number of allylic oxidation sites excluding steroid dienone is 1. The number of imide groups is 1. The molecule has 2 amide bonds. The van der Waals surface area contributed by atoms with Crippen LogP contribution in [0.5, 0.6) is 0 Å². The fourth-order valence-electron chi connectivity index (χ4n) is 1.50. The highest BCUT2D eigenvalue weighted by atomic mass is 16.6. The Bertz CT molecular complexity index is 303. The number of hydrogen-bond donors (Lipinski definition) is 0. The topological polar surface area (TPSA) is 46.6 Å². The normalized spacial score (nSPS) is 20.5. The molecule has 0 N–H and O–H groups in total. The summed E-state index contributed by atoms with van der Waals surface area (Å²) in [6.07, 6.45) is 0.929. The van der Waals surface area contributed by atoms with Crippen LogP contribution in [0.3, 0.4) is 0 Å². The van der Waals surface area contributed by atoms with E-state index in [9.17, 15) is 9.59 Å². The molecule has 1 heterocycles. The van der Waals surface area contributed by atoms with Crippen molar-refractivity contribution >= 4 is 12.0 Å². The molecular formula is C11H17NO3. The predicted molar refractivity (Wildman–Crippen MR) is 56.3 cm³/mol. The summed E-state index contributed by atoms with van der Waals surface area (Å²) < 4.78 is 4.88. The smallest absolute Gasteiger partial charge is 0.417 e. The first-order chi connectivity index (χ1) is 6.93. The Morgan fingerprint density at radius 2 is 2.13 bits per heavy atom. The summed E-state index contributed by atoms with van der Waals surface area (Å²) in [7, 11) is 0. The third-order valence-electron chi connectivity index (χ3n) is 2.33. The average molecular weight is 211 g/mol. The van der Waals surface area contributed by atoms with E-state index in [0.29, 0.717) is 6.61 Å². The van der Waals surface area contributed by atoms with Crippen molar-refractivity contribution in [1.29, 1.82) is 0 Å². The summed E-state index contributed by atoms with van der Waals surface area (Å²) in [5, 5.41) is 0. The van der Waals surface area contributed by atoms with Crippen LogP contribution in [0.15, 0.2) is 11.6 Å². The number of nitrogens with zero attached hydrogens (tertiary/aromatic N) is 1. The third kappa shape index (κ3) is 2.58. The van der Waals surface area contributed by atoms with E-state index in [1.165, 1.54) is 11.0 Å². The standard InChI is InChI=1S/C11H17NO3/c1-7(2)5-10(13)12-9(8(3)4)6-15-11(12)14/h5,8-9H,6H2,1-4H3/t9-/m1/s1. The van der Waals surface area contributed by atoms with Gasteiger partial charge in [-0.2, -0.15) is 0 Å². The van der Waals surface area contributed by atoms with E-state index in [2.05, 4.69) is 0 Å². The Hall–Kier alpha value is -1.32. The number of hydrogen-bond acceptors (Lipinski definition) is 3. The number of ether oxygens (including phenoxy) is 1. The minimum Gasteiger partial charge on any atom is -0.447 e. The molecule has 0 saturated carbocycles. The van der Waals surface area contributed by atoms with Gasteiger partial charge < -0.3 is 4.74 Å². The van der Waals surface area contributed by atoms with Crippen LogP contribution in [0, 0.1) is 5.92 Å². The second-order valence-electron chi connectivity index (χ2n) is 4.32. The van der Waals surface area contributed by atoms with E-state index in [1.807, 2.05) is 27.7 Å². The second kappa shape index (κ2) is 4.47. The molecule has 15 heavy (non-hydrogen) atoms. The third-order valence-corrected chi connectivity index (χ3v) is 2.33. The Balaban J connectivity index is 2.85. The zero-order valence-electron chi connectivity index (χ0n) is 9.61. The molecule has 0 aromatic heterocycles. The van der Waals surface area contributed by atoms with Crippen LogP contribution in [0.1, 0.15) is 27.7 Å². The van der Waals surface area contributed by atoms with Gasteiger partial charge in [-0.15, -0.1) is 0 Å². The zero-order chi connectivity index (χ0) is 11.6. The van der Waals surface area contributed by atoms with Gasteiger partial charge in [0, 0.05) is 6.08 Å². The number of carbonyl (C=O) groups excluding carboxylic acids is 2. The summed E-state index contributed by atoms with van der Waals surface area (Å²) >= 11 is 0. The molecule has 0 unspecified atom stereocenters. The van der Waals surface area contributed by atoms with Gasteiger partial charge in [-0.25, -0.2) is 9.69 Å². The van der Waals surface area contributed by atoms with E-state index in [-0.39, 0.29) is 17.9 Å². The van der Waals surface area contributed by atoms with Gasteiger partial charge in [-0.1, -0.05) is 19.4 Å². The lowest BCUT2D eigenvalue weighted by Gasteiger charge is -2.21.